The average Bonchev–Trinajstić information content (AvgIpc) is 2.79. The third kappa shape index (κ3) is 5.08. The number of esters is 1. The van der Waals surface area contributed by atoms with Crippen molar-refractivity contribution < 1.29 is 19.1 Å². The van der Waals surface area contributed by atoms with Crippen LogP contribution in [0.3, 0.4) is 0 Å². The van der Waals surface area contributed by atoms with Gasteiger partial charge in [-0.3, -0.25) is 18.7 Å². The van der Waals surface area contributed by atoms with Crippen LogP contribution >= 0.6 is 0 Å². The Bertz CT molecular complexity index is 1200. The van der Waals surface area contributed by atoms with Crippen LogP contribution in [0.25, 0.3) is 0 Å². The standard InChI is InChI=1S/C22H21N3O6/c1-24-21(28)19(20(23)25(22(24)29)12-15-8-4-2-5-9-15)17(26)13-31-18(27)14-30-16-10-6-3-7-11-16/h2-11H,12-14,23H2,1H3. The minimum absolute atomic E-state index is 0.0740. The molecule has 0 fully saturated rings. The van der Waals surface area contributed by atoms with Gasteiger partial charge in [0.2, 0.25) is 5.78 Å². The number of hydrogen-bond donors (Lipinski definition) is 1. The zero-order chi connectivity index (χ0) is 22.4. The van der Waals surface area contributed by atoms with E-state index in [2.05, 4.69) is 0 Å². The second kappa shape index (κ2) is 9.57. The largest absolute Gasteiger partial charge is 0.482 e. The zero-order valence-electron chi connectivity index (χ0n) is 16.8. The maximum absolute atomic E-state index is 12.6. The Morgan fingerprint density at radius 3 is 2.19 bits per heavy atom. The second-order valence-electron chi connectivity index (χ2n) is 6.66. The highest BCUT2D eigenvalue weighted by molar-refractivity contribution is 6.01. The van der Waals surface area contributed by atoms with E-state index in [1.165, 1.54) is 7.05 Å². The minimum Gasteiger partial charge on any atom is -0.482 e. The summed E-state index contributed by atoms with van der Waals surface area (Å²) in [6.45, 7) is -1.04. The van der Waals surface area contributed by atoms with Crippen LogP contribution in [-0.2, 0) is 23.1 Å². The number of aromatic nitrogens is 2. The third-order valence-electron chi connectivity index (χ3n) is 4.51. The van der Waals surface area contributed by atoms with Crippen molar-refractivity contribution in [2.75, 3.05) is 18.9 Å². The molecule has 9 nitrogen and oxygen atoms in total. The molecule has 2 N–H and O–H groups in total. The number of Topliss-reactive ketones (excluding diaryl/α,β-unsaturated/α-hetero) is 1. The molecule has 0 aliphatic heterocycles. The number of nitrogen functional groups attached to an aromatic ring is 1. The molecule has 0 spiro atoms. The van der Waals surface area contributed by atoms with Gasteiger partial charge in [-0.1, -0.05) is 48.5 Å². The molecule has 31 heavy (non-hydrogen) atoms. The molecule has 160 valence electrons. The molecule has 3 aromatic rings. The van der Waals surface area contributed by atoms with Gasteiger partial charge < -0.3 is 15.2 Å². The van der Waals surface area contributed by atoms with E-state index in [0.29, 0.717) is 5.75 Å². The summed E-state index contributed by atoms with van der Waals surface area (Å²) in [5.74, 6) is -1.41. The van der Waals surface area contributed by atoms with Crippen LogP contribution in [0.4, 0.5) is 5.82 Å². The molecule has 0 atom stereocenters. The van der Waals surface area contributed by atoms with Gasteiger partial charge in [0.05, 0.1) is 6.54 Å². The molecule has 0 radical (unpaired) electrons. The number of rotatable bonds is 8. The molecule has 0 saturated carbocycles. The van der Waals surface area contributed by atoms with Crippen LogP contribution < -0.4 is 21.7 Å². The summed E-state index contributed by atoms with van der Waals surface area (Å²) >= 11 is 0. The maximum Gasteiger partial charge on any atom is 0.344 e. The summed E-state index contributed by atoms with van der Waals surface area (Å²) < 4.78 is 12.1. The summed E-state index contributed by atoms with van der Waals surface area (Å²) in [6, 6.07) is 17.6. The first-order valence-electron chi connectivity index (χ1n) is 9.38. The Labute approximate surface area is 177 Å². The van der Waals surface area contributed by atoms with Crippen molar-refractivity contribution in [3.63, 3.8) is 0 Å². The van der Waals surface area contributed by atoms with Gasteiger partial charge in [0.15, 0.2) is 13.2 Å². The maximum atomic E-state index is 12.6. The molecule has 2 aromatic carbocycles. The summed E-state index contributed by atoms with van der Waals surface area (Å²) in [7, 11) is 1.25. The van der Waals surface area contributed by atoms with Crippen LogP contribution in [0.1, 0.15) is 15.9 Å². The monoisotopic (exact) mass is 423 g/mol. The second-order valence-corrected chi connectivity index (χ2v) is 6.66. The van der Waals surface area contributed by atoms with Gasteiger partial charge in [-0.2, -0.15) is 0 Å². The predicted octanol–water partition coefficient (Wildman–Crippen LogP) is 0.982. The lowest BCUT2D eigenvalue weighted by atomic mass is 10.2. The van der Waals surface area contributed by atoms with Gasteiger partial charge in [0.1, 0.15) is 17.1 Å². The fraction of sp³-hybridized carbons (Fsp3) is 0.182. The van der Waals surface area contributed by atoms with Crippen molar-refractivity contribution in [3.05, 3.63) is 92.6 Å². The number of benzene rings is 2. The number of anilines is 1. The fourth-order valence-corrected chi connectivity index (χ4v) is 2.88. The number of nitrogens with zero attached hydrogens (tertiary/aromatic N) is 2. The van der Waals surface area contributed by atoms with Crippen molar-refractivity contribution in [1.29, 1.82) is 0 Å². The normalized spacial score (nSPS) is 10.5. The van der Waals surface area contributed by atoms with E-state index in [-0.39, 0.29) is 12.4 Å². The summed E-state index contributed by atoms with van der Waals surface area (Å²) in [5.41, 5.74) is 4.85. The smallest absolute Gasteiger partial charge is 0.344 e. The van der Waals surface area contributed by atoms with Crippen LogP contribution in [0.2, 0.25) is 0 Å². The van der Waals surface area contributed by atoms with E-state index in [1.54, 1.807) is 54.6 Å². The molecular formula is C22H21N3O6. The Balaban J connectivity index is 1.75. The lowest BCUT2D eigenvalue weighted by Gasteiger charge is -2.14. The van der Waals surface area contributed by atoms with Gasteiger partial charge in [-0.25, -0.2) is 9.59 Å². The lowest BCUT2D eigenvalue weighted by molar-refractivity contribution is -0.144. The fourth-order valence-electron chi connectivity index (χ4n) is 2.88. The molecule has 0 unspecified atom stereocenters. The number of para-hydroxylation sites is 1. The van der Waals surface area contributed by atoms with Crippen LogP contribution in [0.15, 0.2) is 70.3 Å². The molecule has 0 aliphatic carbocycles. The molecule has 0 saturated heterocycles. The topological polar surface area (TPSA) is 123 Å². The number of hydrogen-bond acceptors (Lipinski definition) is 7. The quantitative estimate of drug-likeness (QED) is 0.423. The summed E-state index contributed by atoms with van der Waals surface area (Å²) in [4.78, 5) is 49.5. The predicted molar refractivity (Wildman–Crippen MR) is 113 cm³/mol. The number of ketones is 1. The molecule has 3 rings (SSSR count). The highest BCUT2D eigenvalue weighted by atomic mass is 16.6. The van der Waals surface area contributed by atoms with E-state index >= 15 is 0 Å². The molecule has 1 heterocycles. The van der Waals surface area contributed by atoms with Crippen molar-refractivity contribution in [1.82, 2.24) is 9.13 Å². The van der Waals surface area contributed by atoms with Crippen molar-refractivity contribution in [2.45, 2.75) is 6.54 Å². The molecule has 0 bridgehead atoms. The first-order valence-corrected chi connectivity index (χ1v) is 9.38. The first-order chi connectivity index (χ1) is 14.9. The number of nitrogens with two attached hydrogens (primary N) is 1. The van der Waals surface area contributed by atoms with Gasteiger partial charge in [0.25, 0.3) is 5.56 Å². The van der Waals surface area contributed by atoms with Crippen LogP contribution in [-0.4, -0.2) is 34.1 Å². The Morgan fingerprint density at radius 1 is 0.935 bits per heavy atom. The van der Waals surface area contributed by atoms with E-state index < -0.39 is 41.8 Å². The van der Waals surface area contributed by atoms with Gasteiger partial charge in [-0.15, -0.1) is 0 Å². The van der Waals surface area contributed by atoms with Crippen LogP contribution in [0.5, 0.6) is 5.75 Å². The SMILES string of the molecule is Cn1c(=O)c(C(=O)COC(=O)COc2ccccc2)c(N)n(Cc2ccccc2)c1=O. The van der Waals surface area contributed by atoms with E-state index in [1.807, 2.05) is 6.07 Å². The van der Waals surface area contributed by atoms with E-state index in [4.69, 9.17) is 15.2 Å². The third-order valence-corrected chi connectivity index (χ3v) is 4.51. The van der Waals surface area contributed by atoms with Crippen molar-refractivity contribution in [2.24, 2.45) is 7.05 Å². The lowest BCUT2D eigenvalue weighted by Crippen LogP contribution is -2.43. The van der Waals surface area contributed by atoms with Crippen molar-refractivity contribution in [3.8, 4) is 5.75 Å². The Hall–Kier alpha value is -4.14. The average molecular weight is 423 g/mol. The molecule has 0 amide bonds. The minimum atomic E-state index is -0.853. The number of ether oxygens (including phenoxy) is 2. The van der Waals surface area contributed by atoms with Gasteiger partial charge >= 0.3 is 11.7 Å². The van der Waals surface area contributed by atoms with Gasteiger partial charge in [-0.05, 0) is 17.7 Å². The molecule has 1 aromatic heterocycles. The Morgan fingerprint density at radius 2 is 1.55 bits per heavy atom. The molecule has 0 aliphatic rings. The van der Waals surface area contributed by atoms with E-state index in [0.717, 1.165) is 14.7 Å². The number of carbonyl (C=O) groups is 2. The zero-order valence-corrected chi connectivity index (χ0v) is 16.8. The Kier molecular flexibility index (Phi) is 6.66. The highest BCUT2D eigenvalue weighted by Gasteiger charge is 2.22. The molecular weight excluding hydrogens is 402 g/mol. The van der Waals surface area contributed by atoms with Crippen molar-refractivity contribution >= 4 is 17.6 Å². The summed E-state index contributed by atoms with van der Waals surface area (Å²) in [5, 5.41) is 0. The summed E-state index contributed by atoms with van der Waals surface area (Å²) in [6.07, 6.45) is 0. The number of carbonyl (C=O) groups excluding carboxylic acids is 2. The van der Waals surface area contributed by atoms with Crippen LogP contribution in [0, 0.1) is 0 Å². The highest BCUT2D eigenvalue weighted by Crippen LogP contribution is 2.10. The van der Waals surface area contributed by atoms with E-state index in [9.17, 15) is 19.2 Å². The first kappa shape index (κ1) is 21.6. The molecule has 9 heteroatoms. The van der Waals surface area contributed by atoms with Gasteiger partial charge in [0, 0.05) is 7.05 Å².